The molecule has 1 saturated carbocycles. The maximum atomic E-state index is 13.8. The highest BCUT2D eigenvalue weighted by Crippen LogP contribution is 2.48. The van der Waals surface area contributed by atoms with Gasteiger partial charge in [-0.15, -0.1) is 0 Å². The maximum Gasteiger partial charge on any atom is 0.264 e. The second-order valence-electron chi connectivity index (χ2n) is 19.6. The van der Waals surface area contributed by atoms with Crippen LogP contribution in [0.1, 0.15) is 86.7 Å². The van der Waals surface area contributed by atoms with E-state index >= 15 is 0 Å². The van der Waals surface area contributed by atoms with Crippen molar-refractivity contribution in [1.82, 2.24) is 19.4 Å². The topological polar surface area (TPSA) is 146 Å². The standard InChI is InChI=1S/C51H68ClN5O8S2/c1-5-6-12-38-28-42(52)17-18-45(38)41-31-57-30-40-15-19-46(40)51(64-4,22-10-11-36(2)37(3)67(62,63)53-50(59)39-16-20-48(65-34-41)47(57)29-39)35-54-23-24-55-25-26-56(33-43(55)32-54)49(58)21-27-66(60,61)44-13-8-7-9-14-44/h7-10,13-14,16-18,20,22,28-29,36-37,40-41,43,46H,5-6,11-12,15,19,21,23-27,30-35H2,1-4H3,(H,53,59)/b22-10+/t36-,37+,40-,41-,43+,46+,51+/m0/s1. The van der Waals surface area contributed by atoms with Crippen LogP contribution in [0.25, 0.3) is 0 Å². The van der Waals surface area contributed by atoms with Crippen LogP contribution in [0.3, 0.4) is 0 Å². The maximum absolute atomic E-state index is 13.8. The first kappa shape index (κ1) is 49.4. The summed E-state index contributed by atoms with van der Waals surface area (Å²) < 4.78 is 69.4. The van der Waals surface area contributed by atoms with Crippen LogP contribution in [0.4, 0.5) is 5.69 Å². The van der Waals surface area contributed by atoms with Crippen molar-refractivity contribution in [1.29, 1.82) is 0 Å². The van der Waals surface area contributed by atoms with Crippen molar-refractivity contribution in [3.8, 4) is 5.75 Å². The number of methoxy groups -OCH3 is 1. The van der Waals surface area contributed by atoms with E-state index in [1.807, 2.05) is 17.9 Å². The molecule has 7 atom stereocenters. The molecule has 67 heavy (non-hydrogen) atoms. The van der Waals surface area contributed by atoms with Gasteiger partial charge >= 0.3 is 0 Å². The molecule has 4 aliphatic heterocycles. The molecule has 0 spiro atoms. The first-order valence-corrected chi connectivity index (χ1v) is 27.8. The molecular formula is C51H68ClN5O8S2. The van der Waals surface area contributed by atoms with E-state index in [1.54, 1.807) is 62.6 Å². The molecule has 0 radical (unpaired) electrons. The molecule has 1 aliphatic carbocycles. The zero-order chi connectivity index (χ0) is 47.5. The number of nitrogens with zero attached hydrogens (tertiary/aromatic N) is 4. The molecule has 364 valence electrons. The van der Waals surface area contributed by atoms with Crippen molar-refractivity contribution in [3.05, 3.63) is 101 Å². The lowest BCUT2D eigenvalue weighted by Crippen LogP contribution is -2.65. The fourth-order valence-electron chi connectivity index (χ4n) is 11.0. The molecule has 0 unspecified atom stereocenters. The Hall–Kier alpha value is -3.99. The number of anilines is 1. The second kappa shape index (κ2) is 20.9. The molecule has 13 nitrogen and oxygen atoms in total. The number of sulfonamides is 1. The van der Waals surface area contributed by atoms with E-state index in [1.165, 1.54) is 11.1 Å². The minimum atomic E-state index is -4.04. The Bertz CT molecular complexity index is 2510. The number of carbonyl (C=O) groups excluding carboxylic acids is 2. The molecule has 2 amide bonds. The van der Waals surface area contributed by atoms with Gasteiger partial charge in [-0.05, 0) is 110 Å². The van der Waals surface area contributed by atoms with Crippen LogP contribution in [0.2, 0.25) is 5.02 Å². The Kier molecular flexibility index (Phi) is 15.4. The third-order valence-electron chi connectivity index (χ3n) is 15.4. The average molecular weight is 979 g/mol. The molecular weight excluding hydrogens is 910 g/mol. The molecule has 3 fully saturated rings. The van der Waals surface area contributed by atoms with Crippen molar-refractivity contribution in [2.24, 2.45) is 17.8 Å². The van der Waals surface area contributed by atoms with E-state index in [9.17, 15) is 26.4 Å². The number of carbonyl (C=O) groups is 2. The zero-order valence-electron chi connectivity index (χ0n) is 39.4. The van der Waals surface area contributed by atoms with Gasteiger partial charge < -0.3 is 19.3 Å². The third kappa shape index (κ3) is 11.1. The summed E-state index contributed by atoms with van der Waals surface area (Å²) in [6, 6.07) is 19.8. The second-order valence-corrected chi connectivity index (χ2v) is 24.2. The summed E-state index contributed by atoms with van der Waals surface area (Å²) in [5, 5.41) is -0.148. The molecule has 3 aromatic carbocycles. The number of aryl methyl sites for hydroxylation is 1. The summed E-state index contributed by atoms with van der Waals surface area (Å²) in [4.78, 5) is 36.6. The molecule has 1 N–H and O–H groups in total. The van der Waals surface area contributed by atoms with E-state index in [4.69, 9.17) is 21.1 Å². The van der Waals surface area contributed by atoms with E-state index in [0.29, 0.717) is 56.5 Å². The number of nitrogens with one attached hydrogen (secondary N) is 1. The van der Waals surface area contributed by atoms with Crippen LogP contribution in [-0.4, -0.2) is 139 Å². The molecule has 4 heterocycles. The van der Waals surface area contributed by atoms with Crippen LogP contribution < -0.4 is 14.4 Å². The van der Waals surface area contributed by atoms with Crippen LogP contribution in [-0.2, 0) is 35.8 Å². The van der Waals surface area contributed by atoms with Gasteiger partial charge in [-0.2, -0.15) is 0 Å². The van der Waals surface area contributed by atoms with Gasteiger partial charge in [0.15, 0.2) is 9.84 Å². The van der Waals surface area contributed by atoms with E-state index in [-0.39, 0.29) is 58.3 Å². The normalized spacial score (nSPS) is 28.8. The molecule has 3 aromatic rings. The van der Waals surface area contributed by atoms with Gasteiger partial charge in [-0.3, -0.25) is 19.4 Å². The van der Waals surface area contributed by atoms with Crippen molar-refractivity contribution in [2.75, 3.05) is 83.3 Å². The number of piperazine rings is 2. The Morgan fingerprint density at radius 3 is 2.51 bits per heavy atom. The Balaban J connectivity index is 1.07. The molecule has 5 aliphatic rings. The molecule has 8 rings (SSSR count). The minimum absolute atomic E-state index is 0.000726. The van der Waals surface area contributed by atoms with Crippen LogP contribution in [0.5, 0.6) is 5.75 Å². The van der Waals surface area contributed by atoms with Gasteiger partial charge in [0, 0.05) is 95.0 Å². The number of fused-ring (bicyclic) bond motifs is 3. The summed E-state index contributed by atoms with van der Waals surface area (Å²) in [5.74, 6) is -0.338. The molecule has 2 bridgehead atoms. The number of allylic oxidation sites excluding steroid dienone is 1. The summed E-state index contributed by atoms with van der Waals surface area (Å²) in [6.45, 7) is 12.3. The smallest absolute Gasteiger partial charge is 0.264 e. The number of sulfone groups is 1. The van der Waals surface area contributed by atoms with E-state index in [2.05, 4.69) is 50.6 Å². The number of rotatable bonds is 11. The number of hydrogen-bond acceptors (Lipinski definition) is 11. The summed E-state index contributed by atoms with van der Waals surface area (Å²) in [6.07, 6.45) is 9.61. The zero-order valence-corrected chi connectivity index (χ0v) is 41.8. The Morgan fingerprint density at radius 2 is 1.76 bits per heavy atom. The number of halogens is 1. The van der Waals surface area contributed by atoms with Crippen LogP contribution in [0.15, 0.2) is 83.8 Å². The van der Waals surface area contributed by atoms with Gasteiger partial charge in [0.1, 0.15) is 11.4 Å². The SMILES string of the molecule is CCCCc1cc(Cl)ccc1[C@@H]1COc2ccc3cc2N(C1)C[C@@H]1CC[C@H]1[C@@](CN1CCN2CCN(C(=O)CCS(=O)(=O)c4ccccc4)C[C@H]2C1)(OC)/C=C/C[C@H](C)[C@@H](C)S(=O)(=O)NC3=O. The van der Waals surface area contributed by atoms with Crippen molar-refractivity contribution in [2.45, 2.75) is 93.4 Å². The van der Waals surface area contributed by atoms with Gasteiger partial charge in [0.05, 0.1) is 28.2 Å². The number of hydrogen-bond donors (Lipinski definition) is 1. The monoisotopic (exact) mass is 977 g/mol. The van der Waals surface area contributed by atoms with Gasteiger partial charge in [-0.1, -0.05) is 68.3 Å². The highest BCUT2D eigenvalue weighted by atomic mass is 35.5. The van der Waals surface area contributed by atoms with Gasteiger partial charge in [-0.25, -0.2) is 21.6 Å². The fraction of sp³-hybridized carbons (Fsp3) is 0.569. The minimum Gasteiger partial charge on any atom is -0.491 e. The Morgan fingerprint density at radius 1 is 0.970 bits per heavy atom. The molecule has 16 heteroatoms. The third-order valence-corrected chi connectivity index (χ3v) is 19.3. The predicted molar refractivity (Wildman–Crippen MR) is 263 cm³/mol. The number of unbranched alkanes of at least 4 members (excludes halogenated alkanes) is 1. The average Bonchev–Trinajstić information content (AvgIpc) is 3.49. The Labute approximate surface area is 403 Å². The lowest BCUT2D eigenvalue weighted by molar-refractivity contribution is -0.136. The number of amides is 2. The van der Waals surface area contributed by atoms with Crippen molar-refractivity contribution >= 4 is 49.0 Å². The van der Waals surface area contributed by atoms with Crippen molar-refractivity contribution < 1.29 is 35.9 Å². The summed E-state index contributed by atoms with van der Waals surface area (Å²) in [5.41, 5.74) is 2.73. The van der Waals surface area contributed by atoms with E-state index < -0.39 is 36.6 Å². The predicted octanol–water partition coefficient (Wildman–Crippen LogP) is 6.81. The first-order chi connectivity index (χ1) is 32.1. The molecule has 0 aromatic heterocycles. The quantitative estimate of drug-likeness (QED) is 0.202. The fourth-order valence-corrected chi connectivity index (χ4v) is 13.7. The van der Waals surface area contributed by atoms with Crippen LogP contribution >= 0.6 is 11.6 Å². The summed E-state index contributed by atoms with van der Waals surface area (Å²) >= 11 is 6.57. The first-order valence-electron chi connectivity index (χ1n) is 24.2. The van der Waals surface area contributed by atoms with Gasteiger partial charge in [0.2, 0.25) is 15.9 Å². The molecule has 2 saturated heterocycles. The highest BCUT2D eigenvalue weighted by Gasteiger charge is 2.49. The lowest BCUT2D eigenvalue weighted by Gasteiger charge is -2.53. The van der Waals surface area contributed by atoms with Crippen molar-refractivity contribution in [3.63, 3.8) is 0 Å². The largest absolute Gasteiger partial charge is 0.491 e. The number of benzene rings is 3. The highest BCUT2D eigenvalue weighted by molar-refractivity contribution is 7.91. The summed E-state index contributed by atoms with van der Waals surface area (Å²) in [7, 11) is -5.83. The van der Waals surface area contributed by atoms with E-state index in [0.717, 1.165) is 64.0 Å². The van der Waals surface area contributed by atoms with Gasteiger partial charge in [0.25, 0.3) is 5.91 Å². The number of ether oxygens (including phenoxy) is 2. The lowest BCUT2D eigenvalue weighted by atomic mass is 9.63. The van der Waals surface area contributed by atoms with Crippen LogP contribution in [0, 0.1) is 17.8 Å².